The SMILES string of the molecule is N=C(Nc1cccc(OC[C@H]2C[C@@H](Oc3cccc(NC(=N)c4cccs4)c3)CN2)c1)c1cccs1. The number of hydrogen-bond donors (Lipinski definition) is 5. The van der Waals surface area contributed by atoms with E-state index in [-0.39, 0.29) is 12.1 Å². The van der Waals surface area contributed by atoms with Crippen molar-refractivity contribution in [3.05, 3.63) is 93.3 Å². The fourth-order valence-corrected chi connectivity index (χ4v) is 5.21. The van der Waals surface area contributed by atoms with Crippen LogP contribution >= 0.6 is 22.7 Å². The topological polar surface area (TPSA) is 102 Å². The Labute approximate surface area is 218 Å². The molecule has 0 bridgehead atoms. The lowest BCUT2D eigenvalue weighted by Crippen LogP contribution is -2.28. The highest BCUT2D eigenvalue weighted by Crippen LogP contribution is 2.24. The molecule has 1 fully saturated rings. The third-order valence-electron chi connectivity index (χ3n) is 5.68. The van der Waals surface area contributed by atoms with E-state index in [1.54, 1.807) is 0 Å². The van der Waals surface area contributed by atoms with Crippen LogP contribution in [-0.4, -0.2) is 37.0 Å². The van der Waals surface area contributed by atoms with E-state index < -0.39 is 0 Å². The highest BCUT2D eigenvalue weighted by atomic mass is 32.1. The van der Waals surface area contributed by atoms with Crippen LogP contribution in [0.5, 0.6) is 11.5 Å². The molecule has 5 N–H and O–H groups in total. The minimum atomic E-state index is 0.0462. The Morgan fingerprint density at radius 3 is 2.06 bits per heavy atom. The average molecular weight is 518 g/mol. The molecule has 0 aliphatic carbocycles. The van der Waals surface area contributed by atoms with Gasteiger partial charge in [-0.3, -0.25) is 10.8 Å². The minimum Gasteiger partial charge on any atom is -0.492 e. The molecule has 7 nitrogen and oxygen atoms in total. The van der Waals surface area contributed by atoms with E-state index in [0.717, 1.165) is 45.6 Å². The standard InChI is InChI=1S/C27H27N5O2S2/c28-26(24-9-3-11-35-24)31-18-5-1-7-21(13-18)33-17-20-15-23(16-30-20)34-22-8-2-6-19(14-22)32-27(29)25-10-4-12-36-25/h1-14,20,23,30H,15-17H2,(H2,28,31)(H2,29,32)/t20-,23-/m1/s1. The lowest BCUT2D eigenvalue weighted by atomic mass is 10.2. The third kappa shape index (κ3) is 6.31. The molecule has 36 heavy (non-hydrogen) atoms. The molecule has 4 aromatic rings. The monoisotopic (exact) mass is 517 g/mol. The summed E-state index contributed by atoms with van der Waals surface area (Å²) in [5, 5.41) is 30.1. The van der Waals surface area contributed by atoms with Crippen molar-refractivity contribution in [3.8, 4) is 11.5 Å². The van der Waals surface area contributed by atoms with E-state index in [0.29, 0.717) is 18.3 Å². The van der Waals surface area contributed by atoms with Crippen molar-refractivity contribution < 1.29 is 9.47 Å². The Morgan fingerprint density at radius 2 is 1.44 bits per heavy atom. The van der Waals surface area contributed by atoms with Gasteiger partial charge in [-0.05, 0) is 47.2 Å². The first-order valence-corrected chi connectivity index (χ1v) is 13.4. The van der Waals surface area contributed by atoms with Crippen molar-refractivity contribution in [3.63, 3.8) is 0 Å². The van der Waals surface area contributed by atoms with Gasteiger partial charge in [0, 0.05) is 42.5 Å². The van der Waals surface area contributed by atoms with Crippen molar-refractivity contribution in [2.75, 3.05) is 23.8 Å². The van der Waals surface area contributed by atoms with Gasteiger partial charge in [0.1, 0.15) is 35.9 Å². The van der Waals surface area contributed by atoms with Crippen LogP contribution in [-0.2, 0) is 0 Å². The van der Waals surface area contributed by atoms with Crippen LogP contribution < -0.4 is 25.4 Å². The van der Waals surface area contributed by atoms with Gasteiger partial charge in [-0.25, -0.2) is 0 Å². The highest BCUT2D eigenvalue weighted by molar-refractivity contribution is 7.12. The van der Waals surface area contributed by atoms with E-state index in [1.807, 2.05) is 83.6 Å². The van der Waals surface area contributed by atoms with Crippen molar-refractivity contribution >= 4 is 45.7 Å². The molecule has 1 aliphatic rings. The molecule has 1 saturated heterocycles. The number of hydrogen-bond acceptors (Lipinski definition) is 7. The number of nitrogens with one attached hydrogen (secondary N) is 5. The van der Waals surface area contributed by atoms with E-state index in [9.17, 15) is 0 Å². The van der Waals surface area contributed by atoms with Gasteiger partial charge in [0.05, 0.1) is 9.75 Å². The molecule has 2 aromatic carbocycles. The van der Waals surface area contributed by atoms with Crippen LogP contribution in [0.4, 0.5) is 11.4 Å². The lowest BCUT2D eigenvalue weighted by molar-refractivity contribution is 0.211. The van der Waals surface area contributed by atoms with Crippen LogP contribution in [0, 0.1) is 10.8 Å². The zero-order valence-electron chi connectivity index (χ0n) is 19.5. The summed E-state index contributed by atoms with van der Waals surface area (Å²) in [6.07, 6.45) is 0.883. The predicted octanol–water partition coefficient (Wildman–Crippen LogP) is 5.87. The molecular formula is C27H27N5O2S2. The van der Waals surface area contributed by atoms with Crippen molar-refractivity contribution in [2.24, 2.45) is 0 Å². The number of anilines is 2. The fourth-order valence-electron chi connectivity index (χ4n) is 3.95. The number of ether oxygens (including phenoxy) is 2. The van der Waals surface area contributed by atoms with E-state index >= 15 is 0 Å². The molecule has 2 aromatic heterocycles. The molecule has 9 heteroatoms. The van der Waals surface area contributed by atoms with Gasteiger partial charge >= 0.3 is 0 Å². The van der Waals surface area contributed by atoms with Crippen LogP contribution in [0.1, 0.15) is 16.2 Å². The van der Waals surface area contributed by atoms with E-state index in [2.05, 4.69) is 16.0 Å². The summed E-state index contributed by atoms with van der Waals surface area (Å²) in [6.45, 7) is 1.28. The Balaban J connectivity index is 1.10. The van der Waals surface area contributed by atoms with Gasteiger partial charge < -0.3 is 25.4 Å². The van der Waals surface area contributed by atoms with Gasteiger partial charge in [-0.2, -0.15) is 0 Å². The molecule has 0 unspecified atom stereocenters. The molecule has 1 aliphatic heterocycles. The summed E-state index contributed by atoms with van der Waals surface area (Å²) in [5.74, 6) is 2.29. The molecular weight excluding hydrogens is 490 g/mol. The first-order chi connectivity index (χ1) is 17.6. The largest absolute Gasteiger partial charge is 0.492 e. The maximum atomic E-state index is 8.22. The highest BCUT2D eigenvalue weighted by Gasteiger charge is 2.26. The van der Waals surface area contributed by atoms with Gasteiger partial charge in [-0.15, -0.1) is 22.7 Å². The third-order valence-corrected chi connectivity index (χ3v) is 7.45. The summed E-state index contributed by atoms with van der Waals surface area (Å²) in [4.78, 5) is 1.79. The van der Waals surface area contributed by atoms with Gasteiger partial charge in [0.25, 0.3) is 0 Å². The quantitative estimate of drug-likeness (QED) is 0.141. The lowest BCUT2D eigenvalue weighted by Gasteiger charge is -2.15. The molecule has 3 heterocycles. The predicted molar refractivity (Wildman–Crippen MR) is 149 cm³/mol. The maximum absolute atomic E-state index is 8.22. The first kappa shape index (κ1) is 24.1. The zero-order chi connectivity index (χ0) is 24.7. The Hall–Kier alpha value is -3.66. The molecule has 0 radical (unpaired) electrons. The summed E-state index contributed by atoms with van der Waals surface area (Å²) in [5.41, 5.74) is 1.66. The maximum Gasteiger partial charge on any atom is 0.140 e. The second kappa shape index (κ2) is 11.4. The number of amidine groups is 2. The van der Waals surface area contributed by atoms with Crippen LogP contribution in [0.25, 0.3) is 0 Å². The first-order valence-electron chi connectivity index (χ1n) is 11.6. The van der Waals surface area contributed by atoms with Crippen molar-refractivity contribution in [2.45, 2.75) is 18.6 Å². The van der Waals surface area contributed by atoms with Crippen LogP contribution in [0.3, 0.4) is 0 Å². The minimum absolute atomic E-state index is 0.0462. The van der Waals surface area contributed by atoms with Crippen molar-refractivity contribution in [1.29, 1.82) is 10.8 Å². The zero-order valence-corrected chi connectivity index (χ0v) is 21.1. The number of thiophene rings is 2. The molecule has 184 valence electrons. The van der Waals surface area contributed by atoms with E-state index in [4.69, 9.17) is 20.3 Å². The molecule has 5 rings (SSSR count). The Bertz CT molecular complexity index is 1310. The van der Waals surface area contributed by atoms with Gasteiger partial charge in [-0.1, -0.05) is 24.3 Å². The molecule has 0 amide bonds. The van der Waals surface area contributed by atoms with Crippen molar-refractivity contribution in [1.82, 2.24) is 5.32 Å². The summed E-state index contributed by atoms with van der Waals surface area (Å²) in [7, 11) is 0. The Kier molecular flexibility index (Phi) is 7.61. The van der Waals surface area contributed by atoms with Gasteiger partial charge in [0.15, 0.2) is 0 Å². The Morgan fingerprint density at radius 1 is 0.833 bits per heavy atom. The fraction of sp³-hybridized carbons (Fsp3) is 0.185. The average Bonchev–Trinajstić information content (AvgIpc) is 3.67. The summed E-state index contributed by atoms with van der Waals surface area (Å²) in [6, 6.07) is 23.3. The second-order valence-electron chi connectivity index (χ2n) is 8.40. The normalized spacial score (nSPS) is 16.9. The second-order valence-corrected chi connectivity index (χ2v) is 10.3. The molecule has 0 spiro atoms. The molecule has 2 atom stereocenters. The number of rotatable bonds is 9. The van der Waals surface area contributed by atoms with Crippen LogP contribution in [0.15, 0.2) is 83.6 Å². The van der Waals surface area contributed by atoms with Gasteiger partial charge in [0.2, 0.25) is 0 Å². The van der Waals surface area contributed by atoms with E-state index in [1.165, 1.54) is 22.7 Å². The number of benzene rings is 2. The smallest absolute Gasteiger partial charge is 0.140 e. The summed E-state index contributed by atoms with van der Waals surface area (Å²) >= 11 is 3.07. The molecule has 0 saturated carbocycles. The van der Waals surface area contributed by atoms with Crippen LogP contribution in [0.2, 0.25) is 0 Å². The summed E-state index contributed by atoms with van der Waals surface area (Å²) < 4.78 is 12.3.